The smallest absolute Gasteiger partial charge is 0.330 e. The Morgan fingerprint density at radius 2 is 2.22 bits per heavy atom. The number of anilines is 1. The fourth-order valence-corrected chi connectivity index (χ4v) is 1.57. The van der Waals surface area contributed by atoms with Crippen LogP contribution in [0.1, 0.15) is 12.6 Å². The lowest BCUT2D eigenvalue weighted by Crippen LogP contribution is -2.45. The van der Waals surface area contributed by atoms with Crippen LogP contribution in [0.5, 0.6) is 0 Å². The molecule has 1 heterocycles. The number of hydrogen-bond donors (Lipinski definition) is 2. The summed E-state index contributed by atoms with van der Waals surface area (Å²) < 4.78 is 6.29. The minimum absolute atomic E-state index is 0.249. The monoisotopic (exact) mass is 254 g/mol. The highest BCUT2D eigenvalue weighted by molar-refractivity contribution is 5.83. The molecular formula is C11H18N4O3. The normalized spacial score (nSPS) is 11.8. The number of nitrogens with zero attached hydrogens (tertiary/aromatic N) is 2. The summed E-state index contributed by atoms with van der Waals surface area (Å²) in [4.78, 5) is 22.5. The maximum atomic E-state index is 11.5. The SMILES string of the molecule is COC(=O)C(CNc1cn(C)nc1C)NC(C)=O. The lowest BCUT2D eigenvalue weighted by atomic mass is 10.2. The molecule has 0 aliphatic heterocycles. The second-order valence-corrected chi connectivity index (χ2v) is 3.96. The van der Waals surface area contributed by atoms with E-state index < -0.39 is 12.0 Å². The number of aryl methyl sites for hydroxylation is 2. The Morgan fingerprint density at radius 1 is 1.56 bits per heavy atom. The largest absolute Gasteiger partial charge is 0.467 e. The molecule has 18 heavy (non-hydrogen) atoms. The van der Waals surface area contributed by atoms with Gasteiger partial charge in [-0.05, 0) is 6.92 Å². The first kappa shape index (κ1) is 14.0. The summed E-state index contributed by atoms with van der Waals surface area (Å²) in [5.74, 6) is -0.769. The van der Waals surface area contributed by atoms with Crippen LogP contribution < -0.4 is 10.6 Å². The van der Waals surface area contributed by atoms with Crippen LogP contribution in [0.2, 0.25) is 0 Å². The zero-order chi connectivity index (χ0) is 13.7. The number of hydrogen-bond acceptors (Lipinski definition) is 5. The predicted octanol–water partition coefficient (Wildman–Crippen LogP) is -0.182. The standard InChI is InChI=1S/C11H18N4O3/c1-7-10(6-15(3)14-7)12-5-9(11(17)18-4)13-8(2)16/h6,9,12H,5H2,1-4H3,(H,13,16). The second kappa shape index (κ2) is 6.04. The van der Waals surface area contributed by atoms with Crippen molar-refractivity contribution in [2.45, 2.75) is 19.9 Å². The summed E-state index contributed by atoms with van der Waals surface area (Å²) in [6.45, 7) is 3.46. The van der Waals surface area contributed by atoms with Gasteiger partial charge in [0.25, 0.3) is 0 Å². The van der Waals surface area contributed by atoms with Gasteiger partial charge in [-0.25, -0.2) is 4.79 Å². The molecule has 7 heteroatoms. The van der Waals surface area contributed by atoms with E-state index in [1.54, 1.807) is 10.9 Å². The number of ether oxygens (including phenoxy) is 1. The van der Waals surface area contributed by atoms with Crippen LogP contribution in [0.3, 0.4) is 0 Å². The van der Waals surface area contributed by atoms with Gasteiger partial charge in [-0.15, -0.1) is 0 Å². The Balaban J connectivity index is 2.64. The third kappa shape index (κ3) is 3.76. The van der Waals surface area contributed by atoms with Gasteiger partial charge in [-0.1, -0.05) is 0 Å². The molecule has 0 aliphatic rings. The maximum Gasteiger partial charge on any atom is 0.330 e. The molecule has 0 aromatic carbocycles. The number of rotatable bonds is 5. The van der Waals surface area contributed by atoms with Crippen molar-refractivity contribution in [3.05, 3.63) is 11.9 Å². The van der Waals surface area contributed by atoms with E-state index in [9.17, 15) is 9.59 Å². The second-order valence-electron chi connectivity index (χ2n) is 3.96. The van der Waals surface area contributed by atoms with Crippen LogP contribution in [0, 0.1) is 6.92 Å². The van der Waals surface area contributed by atoms with Crippen LogP contribution in [-0.2, 0) is 21.4 Å². The van der Waals surface area contributed by atoms with Crippen molar-refractivity contribution in [2.75, 3.05) is 19.0 Å². The third-order valence-electron chi connectivity index (χ3n) is 2.37. The average molecular weight is 254 g/mol. The molecule has 0 saturated heterocycles. The van der Waals surface area contributed by atoms with Crippen LogP contribution >= 0.6 is 0 Å². The van der Waals surface area contributed by atoms with Crippen LogP contribution in [0.4, 0.5) is 5.69 Å². The van der Waals surface area contributed by atoms with Crippen molar-refractivity contribution in [1.82, 2.24) is 15.1 Å². The van der Waals surface area contributed by atoms with E-state index in [-0.39, 0.29) is 12.5 Å². The predicted molar refractivity (Wildman–Crippen MR) is 66.1 cm³/mol. The molecule has 0 radical (unpaired) electrons. The van der Waals surface area contributed by atoms with Crippen LogP contribution in [0.15, 0.2) is 6.20 Å². The summed E-state index contributed by atoms with van der Waals surface area (Å²) in [5.41, 5.74) is 1.64. The molecule has 1 aromatic heterocycles. The first-order valence-corrected chi connectivity index (χ1v) is 5.53. The van der Waals surface area contributed by atoms with E-state index in [0.29, 0.717) is 0 Å². The first-order chi connectivity index (χ1) is 8.43. The first-order valence-electron chi connectivity index (χ1n) is 5.53. The molecule has 7 nitrogen and oxygen atoms in total. The Bertz CT molecular complexity index is 441. The van der Waals surface area contributed by atoms with E-state index in [2.05, 4.69) is 20.5 Å². The molecule has 1 atom stereocenters. The van der Waals surface area contributed by atoms with Gasteiger partial charge in [0.05, 0.1) is 18.5 Å². The highest BCUT2D eigenvalue weighted by atomic mass is 16.5. The van der Waals surface area contributed by atoms with Crippen LogP contribution in [0.25, 0.3) is 0 Å². The topological polar surface area (TPSA) is 85.2 Å². The minimum atomic E-state index is -0.716. The molecule has 0 fully saturated rings. The quantitative estimate of drug-likeness (QED) is 0.712. The molecule has 1 aromatic rings. The molecule has 0 bridgehead atoms. The van der Waals surface area contributed by atoms with Crippen molar-refractivity contribution in [3.63, 3.8) is 0 Å². The number of carbonyl (C=O) groups excluding carboxylic acids is 2. The van der Waals surface area contributed by atoms with Crippen molar-refractivity contribution >= 4 is 17.6 Å². The summed E-state index contributed by atoms with van der Waals surface area (Å²) >= 11 is 0. The number of aromatic nitrogens is 2. The van der Waals surface area contributed by atoms with Gasteiger partial charge in [-0.3, -0.25) is 9.48 Å². The number of methoxy groups -OCH3 is 1. The molecular weight excluding hydrogens is 236 g/mol. The van der Waals surface area contributed by atoms with Gasteiger partial charge >= 0.3 is 5.97 Å². The molecule has 0 saturated carbocycles. The van der Waals surface area contributed by atoms with Gasteiger partial charge in [0.15, 0.2) is 0 Å². The fourth-order valence-electron chi connectivity index (χ4n) is 1.57. The Labute approximate surface area is 105 Å². The number of amides is 1. The van der Waals surface area contributed by atoms with Gasteiger partial charge in [0.1, 0.15) is 6.04 Å². The Hall–Kier alpha value is -2.05. The molecule has 2 N–H and O–H groups in total. The summed E-state index contributed by atoms with van der Waals surface area (Å²) in [6.07, 6.45) is 1.80. The summed E-state index contributed by atoms with van der Waals surface area (Å²) in [5, 5.41) is 9.75. The molecule has 0 aliphatic carbocycles. The van der Waals surface area contributed by atoms with Gasteiger partial charge in [-0.2, -0.15) is 5.10 Å². The fraction of sp³-hybridized carbons (Fsp3) is 0.545. The third-order valence-corrected chi connectivity index (χ3v) is 2.37. The highest BCUT2D eigenvalue weighted by Crippen LogP contribution is 2.11. The van der Waals surface area contributed by atoms with Crippen LogP contribution in [-0.4, -0.2) is 41.4 Å². The van der Waals surface area contributed by atoms with Gasteiger partial charge < -0.3 is 15.4 Å². The molecule has 1 unspecified atom stereocenters. The lowest BCUT2D eigenvalue weighted by Gasteiger charge is -2.16. The minimum Gasteiger partial charge on any atom is -0.467 e. The van der Waals surface area contributed by atoms with Gasteiger partial charge in [0.2, 0.25) is 5.91 Å². The van der Waals surface area contributed by atoms with E-state index >= 15 is 0 Å². The molecule has 1 rings (SSSR count). The van der Waals surface area contributed by atoms with Crippen molar-refractivity contribution < 1.29 is 14.3 Å². The molecule has 0 spiro atoms. The lowest BCUT2D eigenvalue weighted by molar-refractivity contribution is -0.144. The van der Waals surface area contributed by atoms with Crippen molar-refractivity contribution in [2.24, 2.45) is 7.05 Å². The Kier molecular flexibility index (Phi) is 4.70. The number of carbonyl (C=O) groups is 2. The molecule has 100 valence electrons. The zero-order valence-electron chi connectivity index (χ0n) is 11.0. The number of esters is 1. The average Bonchev–Trinajstić information content (AvgIpc) is 2.61. The van der Waals surface area contributed by atoms with E-state index in [1.807, 2.05) is 14.0 Å². The maximum absolute atomic E-state index is 11.5. The van der Waals surface area contributed by atoms with E-state index in [0.717, 1.165) is 11.4 Å². The summed E-state index contributed by atoms with van der Waals surface area (Å²) in [7, 11) is 3.09. The zero-order valence-corrected chi connectivity index (χ0v) is 11.0. The van der Waals surface area contributed by atoms with E-state index in [4.69, 9.17) is 0 Å². The highest BCUT2D eigenvalue weighted by Gasteiger charge is 2.20. The van der Waals surface area contributed by atoms with Crippen molar-refractivity contribution in [1.29, 1.82) is 0 Å². The Morgan fingerprint density at radius 3 is 2.67 bits per heavy atom. The van der Waals surface area contributed by atoms with Gasteiger partial charge in [0, 0.05) is 26.7 Å². The van der Waals surface area contributed by atoms with E-state index in [1.165, 1.54) is 14.0 Å². The van der Waals surface area contributed by atoms with Crippen molar-refractivity contribution in [3.8, 4) is 0 Å². The number of nitrogens with one attached hydrogen (secondary N) is 2. The molecule has 1 amide bonds. The summed E-state index contributed by atoms with van der Waals surface area (Å²) in [6, 6.07) is -0.716.